The van der Waals surface area contributed by atoms with Crippen LogP contribution in [0.1, 0.15) is 28.7 Å². The molecule has 0 radical (unpaired) electrons. The number of furan rings is 1. The Bertz CT molecular complexity index is 1050. The third-order valence-corrected chi connectivity index (χ3v) is 6.86. The van der Waals surface area contributed by atoms with Gasteiger partial charge in [0.15, 0.2) is 0 Å². The molecule has 0 aliphatic carbocycles. The van der Waals surface area contributed by atoms with Gasteiger partial charge in [-0.15, -0.1) is 11.3 Å². The minimum atomic E-state index is -0.173. The van der Waals surface area contributed by atoms with Crippen LogP contribution in [0.5, 0.6) is 0 Å². The first-order valence-corrected chi connectivity index (χ1v) is 11.6. The first-order valence-electron chi connectivity index (χ1n) is 10.7. The molecule has 1 fully saturated rings. The highest BCUT2D eigenvalue weighted by Gasteiger charge is 2.36. The van der Waals surface area contributed by atoms with Crippen molar-refractivity contribution in [3.8, 4) is 0 Å². The average molecular weight is 435 g/mol. The molecule has 5 rings (SSSR count). The van der Waals surface area contributed by atoms with Crippen molar-refractivity contribution in [1.29, 1.82) is 0 Å². The number of hydrogen-bond donors (Lipinski definition) is 0. The zero-order chi connectivity index (χ0) is 21.2. The maximum atomic E-state index is 13.3. The number of hydrazone groups is 1. The molecule has 4 heterocycles. The van der Waals surface area contributed by atoms with E-state index in [0.29, 0.717) is 13.0 Å². The second-order valence-corrected chi connectivity index (χ2v) is 9.05. The lowest BCUT2D eigenvalue weighted by molar-refractivity contribution is -0.134. The van der Waals surface area contributed by atoms with Crippen molar-refractivity contribution in [2.24, 2.45) is 5.10 Å². The topological polar surface area (TPSA) is 52.3 Å². The van der Waals surface area contributed by atoms with Crippen LogP contribution in [0.3, 0.4) is 0 Å². The van der Waals surface area contributed by atoms with Gasteiger partial charge in [-0.1, -0.05) is 18.2 Å². The van der Waals surface area contributed by atoms with Gasteiger partial charge in [-0.2, -0.15) is 5.10 Å². The molecule has 1 unspecified atom stereocenters. The van der Waals surface area contributed by atoms with E-state index >= 15 is 0 Å². The van der Waals surface area contributed by atoms with Gasteiger partial charge in [0, 0.05) is 38.3 Å². The lowest BCUT2D eigenvalue weighted by Crippen LogP contribution is -2.49. The predicted molar refractivity (Wildman–Crippen MR) is 124 cm³/mol. The van der Waals surface area contributed by atoms with Gasteiger partial charge in [-0.05, 0) is 48.2 Å². The molecule has 0 saturated carbocycles. The third-order valence-electron chi connectivity index (χ3n) is 5.94. The lowest BCUT2D eigenvalue weighted by atomic mass is 10.1. The Morgan fingerprint density at radius 1 is 1.13 bits per heavy atom. The zero-order valence-corrected chi connectivity index (χ0v) is 18.4. The molecule has 3 aromatic rings. The van der Waals surface area contributed by atoms with E-state index in [1.54, 1.807) is 22.6 Å². The summed E-state index contributed by atoms with van der Waals surface area (Å²) in [6, 6.07) is 16.3. The van der Waals surface area contributed by atoms with Crippen LogP contribution in [-0.2, 0) is 4.79 Å². The van der Waals surface area contributed by atoms with Crippen molar-refractivity contribution < 1.29 is 9.21 Å². The van der Waals surface area contributed by atoms with Crippen LogP contribution in [0.4, 0.5) is 5.69 Å². The number of aryl methyl sites for hydroxylation is 1. The SMILES string of the molecule is Cc1cccc(N2CCN(CC(=O)N3N=C(c4cccs4)CC3c3ccco3)CC2)c1. The Hall–Kier alpha value is -2.90. The van der Waals surface area contributed by atoms with Crippen molar-refractivity contribution in [3.63, 3.8) is 0 Å². The minimum Gasteiger partial charge on any atom is -0.467 e. The molecular formula is C24H26N4O2S. The molecule has 1 amide bonds. The van der Waals surface area contributed by atoms with Crippen molar-refractivity contribution in [3.05, 3.63) is 76.4 Å². The number of hydrogen-bond acceptors (Lipinski definition) is 6. The van der Waals surface area contributed by atoms with Gasteiger partial charge in [0.1, 0.15) is 11.8 Å². The second kappa shape index (κ2) is 8.69. The molecule has 1 aromatic carbocycles. The fraction of sp³-hybridized carbons (Fsp3) is 0.333. The van der Waals surface area contributed by atoms with E-state index in [9.17, 15) is 4.79 Å². The fourth-order valence-corrected chi connectivity index (χ4v) is 5.01. The van der Waals surface area contributed by atoms with Crippen LogP contribution < -0.4 is 4.90 Å². The summed E-state index contributed by atoms with van der Waals surface area (Å²) < 4.78 is 5.64. The van der Waals surface area contributed by atoms with E-state index in [2.05, 4.69) is 47.1 Å². The van der Waals surface area contributed by atoms with Gasteiger partial charge in [-0.3, -0.25) is 9.69 Å². The van der Waals surface area contributed by atoms with Crippen molar-refractivity contribution in [2.75, 3.05) is 37.6 Å². The third kappa shape index (κ3) is 4.29. The zero-order valence-electron chi connectivity index (χ0n) is 17.6. The van der Waals surface area contributed by atoms with Crippen molar-refractivity contribution in [2.45, 2.75) is 19.4 Å². The summed E-state index contributed by atoms with van der Waals surface area (Å²) in [5, 5.41) is 8.40. The number of anilines is 1. The predicted octanol–water partition coefficient (Wildman–Crippen LogP) is 4.15. The van der Waals surface area contributed by atoms with Crippen molar-refractivity contribution >= 4 is 28.6 Å². The van der Waals surface area contributed by atoms with Crippen LogP contribution in [0.25, 0.3) is 0 Å². The number of nitrogens with zero attached hydrogens (tertiary/aromatic N) is 4. The molecule has 7 heteroatoms. The number of carbonyl (C=O) groups excluding carboxylic acids is 1. The minimum absolute atomic E-state index is 0.0250. The van der Waals surface area contributed by atoms with Crippen LogP contribution in [0.2, 0.25) is 0 Å². The Morgan fingerprint density at radius 2 is 2.00 bits per heavy atom. The molecule has 2 aliphatic heterocycles. The molecule has 2 aromatic heterocycles. The normalized spacial score (nSPS) is 19.6. The number of thiophene rings is 1. The highest BCUT2D eigenvalue weighted by molar-refractivity contribution is 7.12. The van der Waals surface area contributed by atoms with E-state index < -0.39 is 0 Å². The Balaban J connectivity index is 1.25. The van der Waals surface area contributed by atoms with Crippen LogP contribution in [0, 0.1) is 6.92 Å². The van der Waals surface area contributed by atoms with Crippen molar-refractivity contribution in [1.82, 2.24) is 9.91 Å². The number of piperazine rings is 1. The summed E-state index contributed by atoms with van der Waals surface area (Å²) in [6.07, 6.45) is 2.34. The standard InChI is InChI=1S/C24H26N4O2S/c1-18-5-2-6-19(15-18)27-11-9-26(10-12-27)17-24(29)28-21(22-7-3-13-30-22)16-20(25-28)23-8-4-14-31-23/h2-8,13-15,21H,9-12,16-17H2,1H3. The summed E-state index contributed by atoms with van der Waals surface area (Å²) in [7, 11) is 0. The first kappa shape index (κ1) is 20.0. The largest absolute Gasteiger partial charge is 0.467 e. The summed E-state index contributed by atoms with van der Waals surface area (Å²) in [5.74, 6) is 0.810. The molecule has 6 nitrogen and oxygen atoms in total. The van der Waals surface area contributed by atoms with E-state index in [1.165, 1.54) is 11.3 Å². The van der Waals surface area contributed by atoms with E-state index in [4.69, 9.17) is 9.52 Å². The van der Waals surface area contributed by atoms with E-state index in [-0.39, 0.29) is 11.9 Å². The summed E-state index contributed by atoms with van der Waals surface area (Å²) >= 11 is 1.65. The average Bonchev–Trinajstić information content (AvgIpc) is 3.55. The van der Waals surface area contributed by atoms with Crippen LogP contribution in [0.15, 0.2) is 69.7 Å². The van der Waals surface area contributed by atoms with Gasteiger partial charge in [0.25, 0.3) is 5.91 Å². The van der Waals surface area contributed by atoms with Gasteiger partial charge in [-0.25, -0.2) is 5.01 Å². The molecular weight excluding hydrogens is 408 g/mol. The van der Waals surface area contributed by atoms with Gasteiger partial charge >= 0.3 is 0 Å². The maximum Gasteiger partial charge on any atom is 0.257 e. The lowest BCUT2D eigenvalue weighted by Gasteiger charge is -2.36. The molecule has 0 spiro atoms. The first-order chi connectivity index (χ1) is 15.2. The van der Waals surface area contributed by atoms with E-state index in [1.807, 2.05) is 23.6 Å². The summed E-state index contributed by atoms with van der Waals surface area (Å²) in [5.41, 5.74) is 3.48. The monoisotopic (exact) mass is 434 g/mol. The number of benzene rings is 1. The number of rotatable bonds is 5. The Morgan fingerprint density at radius 3 is 2.71 bits per heavy atom. The fourth-order valence-electron chi connectivity index (χ4n) is 4.29. The van der Waals surface area contributed by atoms with Crippen LogP contribution >= 0.6 is 11.3 Å². The summed E-state index contributed by atoms with van der Waals surface area (Å²) in [6.45, 7) is 6.06. The Labute approximate surface area is 186 Å². The highest BCUT2D eigenvalue weighted by atomic mass is 32.1. The van der Waals surface area contributed by atoms with Gasteiger partial charge in [0.2, 0.25) is 0 Å². The molecule has 31 heavy (non-hydrogen) atoms. The summed E-state index contributed by atoms with van der Waals surface area (Å²) in [4.78, 5) is 19.0. The van der Waals surface area contributed by atoms with Gasteiger partial charge < -0.3 is 9.32 Å². The maximum absolute atomic E-state index is 13.3. The van der Waals surface area contributed by atoms with Crippen LogP contribution in [-0.4, -0.2) is 54.3 Å². The van der Waals surface area contributed by atoms with E-state index in [0.717, 1.165) is 42.5 Å². The molecule has 160 valence electrons. The number of carbonyl (C=O) groups is 1. The smallest absolute Gasteiger partial charge is 0.257 e. The Kier molecular flexibility index (Phi) is 5.61. The molecule has 1 saturated heterocycles. The van der Waals surface area contributed by atoms with Gasteiger partial charge in [0.05, 0.1) is 23.4 Å². The molecule has 1 atom stereocenters. The molecule has 0 N–H and O–H groups in total. The second-order valence-electron chi connectivity index (χ2n) is 8.10. The number of amides is 1. The molecule has 2 aliphatic rings. The highest BCUT2D eigenvalue weighted by Crippen LogP contribution is 2.34. The molecule has 0 bridgehead atoms. The quantitative estimate of drug-likeness (QED) is 0.605.